The third-order valence-corrected chi connectivity index (χ3v) is 3.56. The molecule has 0 bridgehead atoms. The van der Waals surface area contributed by atoms with Crippen molar-refractivity contribution in [2.24, 2.45) is 5.10 Å². The largest absolute Gasteiger partial charge is 0.485 e. The number of hydrogen-bond acceptors (Lipinski definition) is 4. The molecule has 1 heterocycles. The highest BCUT2D eigenvalue weighted by Crippen LogP contribution is 2.30. The maximum atomic E-state index is 12.0. The first-order valence-corrected chi connectivity index (χ1v) is 7.07. The van der Waals surface area contributed by atoms with Crippen LogP contribution in [0.3, 0.4) is 0 Å². The molecule has 1 aromatic rings. The number of amides is 1. The number of ether oxygens (including phenoxy) is 2. The lowest BCUT2D eigenvalue weighted by molar-refractivity contribution is -0.130. The molecule has 1 aromatic carbocycles. The van der Waals surface area contributed by atoms with Crippen molar-refractivity contribution in [2.75, 3.05) is 6.61 Å². The highest BCUT2D eigenvalue weighted by atomic mass is 16.6. The number of carbonyl (C=O) groups is 1. The van der Waals surface area contributed by atoms with Gasteiger partial charge in [0, 0.05) is 5.71 Å². The smallest absolute Gasteiger partial charge is 0.284 e. The van der Waals surface area contributed by atoms with E-state index in [9.17, 15) is 4.79 Å². The Morgan fingerprint density at radius 2 is 1.90 bits per heavy atom. The number of para-hydroxylation sites is 2. The van der Waals surface area contributed by atoms with Gasteiger partial charge in [0.05, 0.1) is 0 Å². The van der Waals surface area contributed by atoms with Crippen LogP contribution in [0.5, 0.6) is 11.5 Å². The molecule has 1 N–H and O–H groups in total. The van der Waals surface area contributed by atoms with Crippen LogP contribution in [0.2, 0.25) is 0 Å². The molecule has 1 amide bonds. The van der Waals surface area contributed by atoms with Crippen LogP contribution in [0.15, 0.2) is 29.4 Å². The van der Waals surface area contributed by atoms with Crippen molar-refractivity contribution >= 4 is 11.6 Å². The highest BCUT2D eigenvalue weighted by Gasteiger charge is 2.27. The summed E-state index contributed by atoms with van der Waals surface area (Å²) < 4.78 is 11.1. The monoisotopic (exact) mass is 274 g/mol. The van der Waals surface area contributed by atoms with E-state index in [2.05, 4.69) is 10.5 Å². The van der Waals surface area contributed by atoms with Crippen molar-refractivity contribution in [1.82, 2.24) is 5.43 Å². The normalized spacial score (nSPS) is 21.2. The lowest BCUT2D eigenvalue weighted by Gasteiger charge is -2.25. The van der Waals surface area contributed by atoms with Crippen molar-refractivity contribution in [2.45, 2.75) is 38.2 Å². The van der Waals surface area contributed by atoms with Gasteiger partial charge in [-0.3, -0.25) is 4.79 Å². The zero-order valence-corrected chi connectivity index (χ0v) is 11.3. The molecule has 20 heavy (non-hydrogen) atoms. The minimum absolute atomic E-state index is 0.216. The third kappa shape index (κ3) is 2.92. The fraction of sp³-hybridized carbons (Fsp3) is 0.467. The molecule has 5 nitrogen and oxygen atoms in total. The SMILES string of the molecule is O=C(NN=C1CCCCC1)[C@H]1COc2ccccc2O1. The summed E-state index contributed by atoms with van der Waals surface area (Å²) >= 11 is 0. The van der Waals surface area contributed by atoms with E-state index >= 15 is 0 Å². The Hall–Kier alpha value is -2.04. The number of hydrazone groups is 1. The predicted molar refractivity (Wildman–Crippen MR) is 75.0 cm³/mol. The van der Waals surface area contributed by atoms with E-state index in [1.807, 2.05) is 18.2 Å². The van der Waals surface area contributed by atoms with Crippen LogP contribution in [0.25, 0.3) is 0 Å². The Bertz CT molecular complexity index is 520. The number of carbonyl (C=O) groups excluding carboxylic acids is 1. The standard InChI is InChI=1S/C15H18N2O3/c18-15(17-16-11-6-2-1-3-7-11)14-10-19-12-8-4-5-9-13(12)20-14/h4-5,8-9,14H,1-3,6-7,10H2,(H,17,18)/t14-/m1/s1. The molecule has 1 fully saturated rings. The number of nitrogens with zero attached hydrogens (tertiary/aromatic N) is 1. The van der Waals surface area contributed by atoms with Gasteiger partial charge < -0.3 is 9.47 Å². The predicted octanol–water partition coefficient (Wildman–Crippen LogP) is 2.26. The molecule has 0 spiro atoms. The second kappa shape index (κ2) is 5.94. The molecule has 5 heteroatoms. The zero-order chi connectivity index (χ0) is 13.8. The van der Waals surface area contributed by atoms with E-state index in [1.165, 1.54) is 6.42 Å². The Morgan fingerprint density at radius 3 is 2.70 bits per heavy atom. The van der Waals surface area contributed by atoms with Crippen LogP contribution in [-0.4, -0.2) is 24.3 Å². The zero-order valence-electron chi connectivity index (χ0n) is 11.3. The highest BCUT2D eigenvalue weighted by molar-refractivity contribution is 5.88. The third-order valence-electron chi connectivity index (χ3n) is 3.56. The van der Waals surface area contributed by atoms with Gasteiger partial charge >= 0.3 is 0 Å². The maximum Gasteiger partial charge on any atom is 0.284 e. The van der Waals surface area contributed by atoms with Crippen molar-refractivity contribution < 1.29 is 14.3 Å². The van der Waals surface area contributed by atoms with E-state index < -0.39 is 6.10 Å². The molecule has 0 unspecified atom stereocenters. The molecule has 1 aliphatic carbocycles. The van der Waals surface area contributed by atoms with Gasteiger partial charge in [-0.2, -0.15) is 5.10 Å². The summed E-state index contributed by atoms with van der Waals surface area (Å²) in [5.74, 6) is 1.02. The maximum absolute atomic E-state index is 12.0. The summed E-state index contributed by atoms with van der Waals surface area (Å²) in [6.45, 7) is 0.216. The second-order valence-electron chi connectivity index (χ2n) is 5.08. The minimum atomic E-state index is -0.641. The summed E-state index contributed by atoms with van der Waals surface area (Å²) in [6, 6.07) is 7.34. The summed E-state index contributed by atoms with van der Waals surface area (Å²) in [5.41, 5.74) is 3.67. The van der Waals surface area contributed by atoms with Gasteiger partial charge in [0.15, 0.2) is 11.5 Å². The van der Waals surface area contributed by atoms with E-state index in [1.54, 1.807) is 6.07 Å². The molecule has 0 saturated heterocycles. The Balaban J connectivity index is 1.58. The van der Waals surface area contributed by atoms with Crippen LogP contribution in [-0.2, 0) is 4.79 Å². The van der Waals surface area contributed by atoms with E-state index in [0.717, 1.165) is 31.4 Å². The molecule has 1 aliphatic heterocycles. The van der Waals surface area contributed by atoms with Gasteiger partial charge in [-0.15, -0.1) is 0 Å². The van der Waals surface area contributed by atoms with E-state index in [4.69, 9.17) is 9.47 Å². The molecule has 3 rings (SSSR count). The number of benzene rings is 1. The Labute approximate surface area is 118 Å². The lowest BCUT2D eigenvalue weighted by Crippen LogP contribution is -2.42. The summed E-state index contributed by atoms with van der Waals surface area (Å²) in [6.07, 6.45) is 4.88. The summed E-state index contributed by atoms with van der Waals surface area (Å²) in [5, 5.41) is 4.20. The van der Waals surface area contributed by atoms with Gasteiger partial charge in [0.25, 0.3) is 5.91 Å². The second-order valence-corrected chi connectivity index (χ2v) is 5.08. The van der Waals surface area contributed by atoms with Gasteiger partial charge in [-0.1, -0.05) is 18.6 Å². The molecular weight excluding hydrogens is 256 g/mol. The Kier molecular flexibility index (Phi) is 3.85. The fourth-order valence-corrected chi connectivity index (χ4v) is 2.43. The van der Waals surface area contributed by atoms with Crippen LogP contribution < -0.4 is 14.9 Å². The van der Waals surface area contributed by atoms with E-state index in [0.29, 0.717) is 11.5 Å². The van der Waals surface area contributed by atoms with Gasteiger partial charge in [0.2, 0.25) is 6.10 Å². The lowest BCUT2D eigenvalue weighted by atomic mass is 9.99. The molecule has 0 aromatic heterocycles. The average Bonchev–Trinajstić information content (AvgIpc) is 2.53. The average molecular weight is 274 g/mol. The quantitative estimate of drug-likeness (QED) is 0.841. The number of hydrogen-bond donors (Lipinski definition) is 1. The first-order valence-electron chi connectivity index (χ1n) is 7.07. The molecule has 106 valence electrons. The minimum Gasteiger partial charge on any atom is -0.485 e. The van der Waals surface area contributed by atoms with Crippen molar-refractivity contribution in [1.29, 1.82) is 0 Å². The van der Waals surface area contributed by atoms with Gasteiger partial charge in [-0.25, -0.2) is 5.43 Å². The van der Waals surface area contributed by atoms with Crippen molar-refractivity contribution in [3.05, 3.63) is 24.3 Å². The molecular formula is C15H18N2O3. The fourth-order valence-electron chi connectivity index (χ4n) is 2.43. The molecule has 1 atom stereocenters. The van der Waals surface area contributed by atoms with Crippen molar-refractivity contribution in [3.8, 4) is 11.5 Å². The van der Waals surface area contributed by atoms with E-state index in [-0.39, 0.29) is 12.5 Å². The summed E-state index contributed by atoms with van der Waals surface area (Å²) in [4.78, 5) is 12.0. The van der Waals surface area contributed by atoms with Crippen LogP contribution in [0.4, 0.5) is 0 Å². The summed E-state index contributed by atoms with van der Waals surface area (Å²) in [7, 11) is 0. The van der Waals surface area contributed by atoms with Crippen LogP contribution >= 0.6 is 0 Å². The van der Waals surface area contributed by atoms with Crippen LogP contribution in [0.1, 0.15) is 32.1 Å². The topological polar surface area (TPSA) is 59.9 Å². The first-order chi connectivity index (χ1) is 9.83. The number of fused-ring (bicyclic) bond motifs is 1. The van der Waals surface area contributed by atoms with Gasteiger partial charge in [0.1, 0.15) is 6.61 Å². The molecule has 1 saturated carbocycles. The first kappa shape index (κ1) is 13.0. The van der Waals surface area contributed by atoms with Gasteiger partial charge in [-0.05, 0) is 37.8 Å². The van der Waals surface area contributed by atoms with Crippen LogP contribution in [0, 0.1) is 0 Å². The molecule has 2 aliphatic rings. The Morgan fingerprint density at radius 1 is 1.15 bits per heavy atom. The number of rotatable bonds is 2. The molecule has 0 radical (unpaired) electrons. The van der Waals surface area contributed by atoms with Crippen molar-refractivity contribution in [3.63, 3.8) is 0 Å². The number of nitrogens with one attached hydrogen (secondary N) is 1.